The van der Waals surface area contributed by atoms with Gasteiger partial charge >= 0.3 is 5.97 Å². The molecular weight excluding hydrogens is 354 g/mol. The number of nitrogens with zero attached hydrogens (tertiary/aromatic N) is 1. The fourth-order valence-corrected chi connectivity index (χ4v) is 2.54. The summed E-state index contributed by atoms with van der Waals surface area (Å²) in [4.78, 5) is 23.2. The zero-order valence-electron chi connectivity index (χ0n) is 15.2. The second kappa shape index (κ2) is 8.65. The third-order valence-corrected chi connectivity index (χ3v) is 4.05. The number of esters is 1. The summed E-state index contributed by atoms with van der Waals surface area (Å²) in [6, 6.07) is 23.0. The Kier molecular flexibility index (Phi) is 5.83. The summed E-state index contributed by atoms with van der Waals surface area (Å²) >= 11 is 0. The van der Waals surface area contributed by atoms with E-state index >= 15 is 0 Å². The largest absolute Gasteiger partial charge is 0.482 e. The van der Waals surface area contributed by atoms with Gasteiger partial charge in [-0.2, -0.15) is 5.26 Å². The molecule has 0 saturated heterocycles. The first kappa shape index (κ1) is 18.9. The van der Waals surface area contributed by atoms with Crippen molar-refractivity contribution < 1.29 is 19.1 Å². The lowest BCUT2D eigenvalue weighted by Gasteiger charge is -2.08. The van der Waals surface area contributed by atoms with E-state index in [0.29, 0.717) is 22.6 Å². The molecular formula is C23H17NO4. The van der Waals surface area contributed by atoms with E-state index < -0.39 is 5.97 Å². The Morgan fingerprint density at radius 2 is 1.36 bits per heavy atom. The lowest BCUT2D eigenvalue weighted by molar-refractivity contribution is -0.136. The minimum atomic E-state index is -0.526. The van der Waals surface area contributed by atoms with Crippen LogP contribution in [0, 0.1) is 11.3 Å². The highest BCUT2D eigenvalue weighted by Crippen LogP contribution is 2.23. The molecule has 0 spiro atoms. The molecule has 0 atom stereocenters. The molecule has 0 radical (unpaired) electrons. The van der Waals surface area contributed by atoms with Gasteiger partial charge in [-0.1, -0.05) is 24.3 Å². The van der Waals surface area contributed by atoms with Gasteiger partial charge in [0.1, 0.15) is 11.5 Å². The lowest BCUT2D eigenvalue weighted by Crippen LogP contribution is -2.17. The smallest absolute Gasteiger partial charge is 0.349 e. The SMILES string of the molecule is CC(=O)c1ccc(OCC(=O)Oc2ccc(-c3ccc(C#N)cc3)cc2)cc1. The number of rotatable bonds is 6. The highest BCUT2D eigenvalue weighted by Gasteiger charge is 2.07. The van der Waals surface area contributed by atoms with Gasteiger partial charge in [-0.05, 0) is 66.6 Å². The molecule has 0 saturated carbocycles. The van der Waals surface area contributed by atoms with E-state index in [1.54, 1.807) is 48.5 Å². The van der Waals surface area contributed by atoms with E-state index in [1.165, 1.54) is 6.92 Å². The van der Waals surface area contributed by atoms with Crippen LogP contribution in [-0.2, 0) is 4.79 Å². The molecule has 0 unspecified atom stereocenters. The minimum absolute atomic E-state index is 0.0320. The Morgan fingerprint density at radius 3 is 1.89 bits per heavy atom. The van der Waals surface area contributed by atoms with Crippen molar-refractivity contribution in [3.8, 4) is 28.7 Å². The van der Waals surface area contributed by atoms with E-state index in [2.05, 4.69) is 6.07 Å². The molecule has 5 heteroatoms. The molecule has 0 amide bonds. The molecule has 138 valence electrons. The third-order valence-electron chi connectivity index (χ3n) is 4.05. The fraction of sp³-hybridized carbons (Fsp3) is 0.0870. The van der Waals surface area contributed by atoms with Gasteiger partial charge in [0.25, 0.3) is 0 Å². The number of carbonyl (C=O) groups is 2. The molecule has 0 aliphatic heterocycles. The van der Waals surface area contributed by atoms with Gasteiger partial charge in [-0.25, -0.2) is 4.79 Å². The first-order chi connectivity index (χ1) is 13.5. The summed E-state index contributed by atoms with van der Waals surface area (Å²) in [5.74, 6) is 0.341. The van der Waals surface area contributed by atoms with Crippen LogP contribution in [0.3, 0.4) is 0 Å². The van der Waals surface area contributed by atoms with Crippen molar-refractivity contribution >= 4 is 11.8 Å². The van der Waals surface area contributed by atoms with Gasteiger partial charge in [-0.15, -0.1) is 0 Å². The summed E-state index contributed by atoms with van der Waals surface area (Å²) in [6.45, 7) is 1.25. The Labute approximate surface area is 162 Å². The maximum absolute atomic E-state index is 12.0. The summed E-state index contributed by atoms with van der Waals surface area (Å²) in [6.07, 6.45) is 0. The van der Waals surface area contributed by atoms with Crippen molar-refractivity contribution in [3.63, 3.8) is 0 Å². The maximum Gasteiger partial charge on any atom is 0.349 e. The average Bonchev–Trinajstić information content (AvgIpc) is 2.73. The molecule has 0 aromatic heterocycles. The van der Waals surface area contributed by atoms with Crippen LogP contribution < -0.4 is 9.47 Å². The molecule has 3 rings (SSSR count). The maximum atomic E-state index is 12.0. The number of ketones is 1. The van der Waals surface area contributed by atoms with Crippen LogP contribution >= 0.6 is 0 Å². The van der Waals surface area contributed by atoms with Crippen LogP contribution in [0.1, 0.15) is 22.8 Å². The van der Waals surface area contributed by atoms with Gasteiger partial charge in [0.05, 0.1) is 11.6 Å². The number of nitriles is 1. The Balaban J connectivity index is 1.55. The molecule has 3 aromatic rings. The molecule has 3 aromatic carbocycles. The van der Waals surface area contributed by atoms with Crippen LogP contribution in [-0.4, -0.2) is 18.4 Å². The number of Topliss-reactive ketones (excluding diaryl/α,β-unsaturated/α-hetero) is 1. The standard InChI is InChI=1S/C23H17NO4/c1-16(25)18-6-10-21(11-7-18)27-15-23(26)28-22-12-8-20(9-13-22)19-4-2-17(14-24)3-5-19/h2-13H,15H2,1H3. The van der Waals surface area contributed by atoms with Crippen molar-refractivity contribution in [1.29, 1.82) is 5.26 Å². The molecule has 0 aliphatic carbocycles. The first-order valence-corrected chi connectivity index (χ1v) is 8.60. The topological polar surface area (TPSA) is 76.4 Å². The molecule has 0 aliphatic rings. The first-order valence-electron chi connectivity index (χ1n) is 8.60. The zero-order chi connectivity index (χ0) is 19.9. The molecule has 0 fully saturated rings. The van der Waals surface area contributed by atoms with Crippen LogP contribution in [0.2, 0.25) is 0 Å². The Bertz CT molecular complexity index is 1010. The quantitative estimate of drug-likeness (QED) is 0.364. The van der Waals surface area contributed by atoms with Crippen LogP contribution in [0.4, 0.5) is 0 Å². The van der Waals surface area contributed by atoms with Crippen molar-refractivity contribution in [2.24, 2.45) is 0 Å². The second-order valence-corrected chi connectivity index (χ2v) is 6.06. The minimum Gasteiger partial charge on any atom is -0.482 e. The number of ether oxygens (including phenoxy) is 2. The lowest BCUT2D eigenvalue weighted by atomic mass is 10.0. The number of hydrogen-bond acceptors (Lipinski definition) is 5. The Morgan fingerprint density at radius 1 is 0.821 bits per heavy atom. The highest BCUT2D eigenvalue weighted by molar-refractivity contribution is 5.94. The molecule has 0 bridgehead atoms. The van der Waals surface area contributed by atoms with Gasteiger partial charge in [0.2, 0.25) is 0 Å². The molecule has 5 nitrogen and oxygen atoms in total. The van der Waals surface area contributed by atoms with E-state index in [1.807, 2.05) is 24.3 Å². The van der Waals surface area contributed by atoms with Crippen molar-refractivity contribution in [2.75, 3.05) is 6.61 Å². The van der Waals surface area contributed by atoms with Gasteiger partial charge in [-0.3, -0.25) is 4.79 Å². The molecule has 0 N–H and O–H groups in total. The summed E-state index contributed by atoms with van der Waals surface area (Å²) in [5.41, 5.74) is 3.10. The van der Waals surface area contributed by atoms with Crippen LogP contribution in [0.15, 0.2) is 72.8 Å². The zero-order valence-corrected chi connectivity index (χ0v) is 15.2. The number of hydrogen-bond donors (Lipinski definition) is 0. The van der Waals surface area contributed by atoms with Crippen molar-refractivity contribution in [1.82, 2.24) is 0 Å². The number of benzene rings is 3. The summed E-state index contributed by atoms with van der Waals surface area (Å²) in [5, 5.41) is 8.85. The fourth-order valence-electron chi connectivity index (χ4n) is 2.54. The molecule has 0 heterocycles. The van der Waals surface area contributed by atoms with E-state index in [-0.39, 0.29) is 12.4 Å². The normalized spacial score (nSPS) is 10.0. The van der Waals surface area contributed by atoms with Crippen molar-refractivity contribution in [2.45, 2.75) is 6.92 Å². The van der Waals surface area contributed by atoms with E-state index in [9.17, 15) is 9.59 Å². The predicted molar refractivity (Wildman–Crippen MR) is 104 cm³/mol. The predicted octanol–water partition coefficient (Wildman–Crippen LogP) is 4.41. The Hall–Kier alpha value is -3.91. The molecule has 28 heavy (non-hydrogen) atoms. The highest BCUT2D eigenvalue weighted by atomic mass is 16.6. The van der Waals surface area contributed by atoms with Crippen molar-refractivity contribution in [3.05, 3.63) is 83.9 Å². The van der Waals surface area contributed by atoms with Gasteiger partial charge in [0.15, 0.2) is 12.4 Å². The summed E-state index contributed by atoms with van der Waals surface area (Å²) < 4.78 is 10.6. The second-order valence-electron chi connectivity index (χ2n) is 6.06. The average molecular weight is 371 g/mol. The van der Waals surface area contributed by atoms with E-state index in [0.717, 1.165) is 11.1 Å². The van der Waals surface area contributed by atoms with Gasteiger partial charge in [0, 0.05) is 5.56 Å². The van der Waals surface area contributed by atoms with E-state index in [4.69, 9.17) is 14.7 Å². The van der Waals surface area contributed by atoms with Gasteiger partial charge < -0.3 is 9.47 Å². The van der Waals surface area contributed by atoms with Crippen LogP contribution in [0.25, 0.3) is 11.1 Å². The van der Waals surface area contributed by atoms with Crippen LogP contribution in [0.5, 0.6) is 11.5 Å². The summed E-state index contributed by atoms with van der Waals surface area (Å²) in [7, 11) is 0. The monoisotopic (exact) mass is 371 g/mol. The third kappa shape index (κ3) is 4.83. The number of carbonyl (C=O) groups excluding carboxylic acids is 2.